The number of thiazole rings is 1. The Kier molecular flexibility index (Phi) is 8.09. The summed E-state index contributed by atoms with van der Waals surface area (Å²) in [5.41, 5.74) is 2.55. The van der Waals surface area contributed by atoms with Crippen molar-refractivity contribution in [3.63, 3.8) is 0 Å². The van der Waals surface area contributed by atoms with Gasteiger partial charge in [0.05, 0.1) is 32.5 Å². The van der Waals surface area contributed by atoms with Crippen LogP contribution in [0.15, 0.2) is 91.0 Å². The average Bonchev–Trinajstić information content (AvgIpc) is 3.71. The van der Waals surface area contributed by atoms with Crippen LogP contribution in [0.2, 0.25) is 10.0 Å². The molecule has 1 aliphatic heterocycles. The third-order valence-electron chi connectivity index (χ3n) is 6.68. The van der Waals surface area contributed by atoms with Crippen LogP contribution in [-0.2, 0) is 20.9 Å². The number of amides is 3. The monoisotopic (exact) mass is 634 g/mol. The zero-order chi connectivity index (χ0) is 30.1. The first-order valence-electron chi connectivity index (χ1n) is 13.0. The van der Waals surface area contributed by atoms with Gasteiger partial charge in [0.25, 0.3) is 17.7 Å². The van der Waals surface area contributed by atoms with Crippen molar-refractivity contribution in [1.29, 1.82) is 0 Å². The summed E-state index contributed by atoms with van der Waals surface area (Å²) in [4.78, 5) is 45.2. The standard InChI is InChI=1S/C31H21Cl2FN4O4S/c32-21-4-3-6-23(25(21)33)35-29(40)26-27(42-26)30(41)38(16-17-8-12-19(34)13-9-17)20-14-10-18(11-15-20)28(39)37-31-36-22-5-1-2-7-24(22)43-31/h1-15,26-27H,16H2,(H,35,40)(H,36,37,39)/t26-,27-/m0/s1. The number of aromatic nitrogens is 1. The number of para-hydroxylation sites is 1. The van der Waals surface area contributed by atoms with Crippen LogP contribution in [0, 0.1) is 5.82 Å². The van der Waals surface area contributed by atoms with Crippen molar-refractivity contribution in [1.82, 2.24) is 4.98 Å². The van der Waals surface area contributed by atoms with Gasteiger partial charge < -0.3 is 15.0 Å². The van der Waals surface area contributed by atoms with Crippen LogP contribution in [0.3, 0.4) is 0 Å². The fourth-order valence-corrected chi connectivity index (χ4v) is 5.62. The molecular formula is C31H21Cl2FN4O4S. The lowest BCUT2D eigenvalue weighted by Crippen LogP contribution is -2.36. The number of epoxide rings is 1. The molecule has 12 heteroatoms. The Morgan fingerprint density at radius 3 is 2.37 bits per heavy atom. The number of nitrogens with one attached hydrogen (secondary N) is 2. The number of benzene rings is 4. The molecule has 1 fully saturated rings. The Morgan fingerprint density at radius 2 is 1.63 bits per heavy atom. The predicted octanol–water partition coefficient (Wildman–Crippen LogP) is 6.93. The molecule has 0 bridgehead atoms. The van der Waals surface area contributed by atoms with Gasteiger partial charge in [0.2, 0.25) is 0 Å². The van der Waals surface area contributed by atoms with Gasteiger partial charge in [-0.3, -0.25) is 19.7 Å². The molecule has 5 aromatic rings. The van der Waals surface area contributed by atoms with Crippen LogP contribution in [0.25, 0.3) is 10.2 Å². The SMILES string of the molecule is O=C(Nc1nc2ccccc2s1)c1ccc(N(Cc2ccc(F)cc2)C(=O)[C@H]2O[C@@H]2C(=O)Nc2cccc(Cl)c2Cl)cc1. The molecule has 43 heavy (non-hydrogen) atoms. The van der Waals surface area contributed by atoms with Crippen LogP contribution in [0.4, 0.5) is 20.9 Å². The zero-order valence-electron chi connectivity index (χ0n) is 22.1. The number of nitrogens with zero attached hydrogens (tertiary/aromatic N) is 2. The first-order chi connectivity index (χ1) is 20.8. The number of hydrogen-bond donors (Lipinski definition) is 2. The highest BCUT2D eigenvalue weighted by atomic mass is 35.5. The summed E-state index contributed by atoms with van der Waals surface area (Å²) in [6, 6.07) is 24.5. The van der Waals surface area contributed by atoms with Crippen LogP contribution in [-0.4, -0.2) is 34.9 Å². The largest absolute Gasteiger partial charge is 0.349 e. The molecule has 0 radical (unpaired) electrons. The van der Waals surface area contributed by atoms with Gasteiger partial charge in [0.1, 0.15) is 5.82 Å². The number of carbonyl (C=O) groups excluding carboxylic acids is 3. The lowest BCUT2D eigenvalue weighted by atomic mass is 10.1. The molecule has 2 N–H and O–H groups in total. The molecule has 8 nitrogen and oxygen atoms in total. The van der Waals surface area contributed by atoms with Crippen LogP contribution in [0.1, 0.15) is 15.9 Å². The fourth-order valence-electron chi connectivity index (χ4n) is 4.41. The van der Waals surface area contributed by atoms with Gasteiger partial charge in [-0.15, -0.1) is 0 Å². The fraction of sp³-hybridized carbons (Fsp3) is 0.0968. The van der Waals surface area contributed by atoms with Crippen LogP contribution < -0.4 is 15.5 Å². The number of halogens is 3. The van der Waals surface area contributed by atoms with Crippen LogP contribution in [0.5, 0.6) is 0 Å². The van der Waals surface area contributed by atoms with Crippen molar-refractivity contribution >= 4 is 79.0 Å². The Hall–Kier alpha value is -4.35. The van der Waals surface area contributed by atoms with E-state index in [4.69, 9.17) is 27.9 Å². The van der Waals surface area contributed by atoms with Gasteiger partial charge in [0.15, 0.2) is 17.3 Å². The summed E-state index contributed by atoms with van der Waals surface area (Å²) in [6.07, 6.45) is -2.10. The van der Waals surface area contributed by atoms with E-state index in [2.05, 4.69) is 15.6 Å². The molecule has 4 aromatic carbocycles. The molecule has 1 saturated heterocycles. The molecule has 0 unspecified atom stereocenters. The first kappa shape index (κ1) is 28.8. The zero-order valence-corrected chi connectivity index (χ0v) is 24.4. The predicted molar refractivity (Wildman–Crippen MR) is 165 cm³/mol. The Morgan fingerprint density at radius 1 is 0.884 bits per heavy atom. The third kappa shape index (κ3) is 6.37. The van der Waals surface area contributed by atoms with Crippen molar-refractivity contribution in [3.05, 3.63) is 118 Å². The summed E-state index contributed by atoms with van der Waals surface area (Å²) in [5, 5.41) is 6.36. The molecule has 2 heterocycles. The number of anilines is 3. The first-order valence-corrected chi connectivity index (χ1v) is 14.6. The Balaban J connectivity index is 1.19. The number of fused-ring (bicyclic) bond motifs is 1. The smallest absolute Gasteiger partial charge is 0.259 e. The van der Waals surface area contributed by atoms with Gasteiger partial charge in [-0.1, -0.05) is 64.9 Å². The number of ether oxygens (including phenoxy) is 1. The topological polar surface area (TPSA) is 104 Å². The van der Waals surface area contributed by atoms with E-state index >= 15 is 0 Å². The molecule has 0 saturated carbocycles. The van der Waals surface area contributed by atoms with E-state index in [1.165, 1.54) is 28.4 Å². The van der Waals surface area contributed by atoms with Gasteiger partial charge in [-0.2, -0.15) is 0 Å². The summed E-state index contributed by atoms with van der Waals surface area (Å²) in [7, 11) is 0. The normalized spacial score (nSPS) is 15.6. The Bertz CT molecular complexity index is 1820. The van der Waals surface area contributed by atoms with Crippen molar-refractivity contribution in [2.45, 2.75) is 18.8 Å². The van der Waals surface area contributed by atoms with Gasteiger partial charge in [0, 0.05) is 11.3 Å². The molecule has 216 valence electrons. The third-order valence-corrected chi connectivity index (χ3v) is 8.45. The van der Waals surface area contributed by atoms with Gasteiger partial charge in [-0.05, 0) is 66.2 Å². The second-order valence-electron chi connectivity index (χ2n) is 9.61. The van der Waals surface area contributed by atoms with E-state index in [0.717, 1.165) is 10.2 Å². The van der Waals surface area contributed by atoms with Crippen molar-refractivity contribution in [3.8, 4) is 0 Å². The second kappa shape index (κ2) is 12.1. The summed E-state index contributed by atoms with van der Waals surface area (Å²) >= 11 is 13.6. The summed E-state index contributed by atoms with van der Waals surface area (Å²) in [6.45, 7) is 0.0741. The highest BCUT2D eigenvalue weighted by Crippen LogP contribution is 2.33. The highest BCUT2D eigenvalue weighted by Gasteiger charge is 2.52. The number of hydrogen-bond acceptors (Lipinski definition) is 6. The van der Waals surface area contributed by atoms with E-state index in [1.807, 2.05) is 24.3 Å². The Labute approximate surface area is 259 Å². The van der Waals surface area contributed by atoms with E-state index in [9.17, 15) is 18.8 Å². The maximum absolute atomic E-state index is 13.6. The minimum atomic E-state index is -1.06. The minimum Gasteiger partial charge on any atom is -0.349 e. The van der Waals surface area contributed by atoms with Gasteiger partial charge >= 0.3 is 0 Å². The maximum atomic E-state index is 13.6. The molecule has 1 aromatic heterocycles. The van der Waals surface area contributed by atoms with Crippen molar-refractivity contribution in [2.24, 2.45) is 0 Å². The lowest BCUT2D eigenvalue weighted by Gasteiger charge is -2.23. The molecule has 3 amide bonds. The minimum absolute atomic E-state index is 0.0741. The molecule has 6 rings (SSSR count). The summed E-state index contributed by atoms with van der Waals surface area (Å²) in [5.74, 6) is -1.80. The molecular weight excluding hydrogens is 614 g/mol. The van der Waals surface area contributed by atoms with Crippen molar-refractivity contribution in [2.75, 3.05) is 15.5 Å². The second-order valence-corrected chi connectivity index (χ2v) is 11.4. The summed E-state index contributed by atoms with van der Waals surface area (Å²) < 4.78 is 20.0. The van der Waals surface area contributed by atoms with Gasteiger partial charge in [-0.25, -0.2) is 9.37 Å². The van der Waals surface area contributed by atoms with E-state index in [-0.39, 0.29) is 22.5 Å². The number of rotatable bonds is 8. The highest BCUT2D eigenvalue weighted by molar-refractivity contribution is 7.22. The molecule has 1 aliphatic rings. The van der Waals surface area contributed by atoms with E-state index < -0.39 is 29.8 Å². The van der Waals surface area contributed by atoms with Crippen LogP contribution >= 0.6 is 34.5 Å². The number of carbonyl (C=O) groups is 3. The lowest BCUT2D eigenvalue weighted by molar-refractivity contribution is -0.120. The molecule has 0 spiro atoms. The maximum Gasteiger partial charge on any atom is 0.259 e. The molecule has 2 atom stereocenters. The molecule has 0 aliphatic carbocycles. The average molecular weight is 636 g/mol. The van der Waals surface area contributed by atoms with Crippen molar-refractivity contribution < 1.29 is 23.5 Å². The van der Waals surface area contributed by atoms with E-state index in [1.54, 1.807) is 54.6 Å². The quantitative estimate of drug-likeness (QED) is 0.180. The van der Waals surface area contributed by atoms with E-state index in [0.29, 0.717) is 27.6 Å².